The van der Waals surface area contributed by atoms with Gasteiger partial charge in [-0.05, 0) is 0 Å². The van der Waals surface area contributed by atoms with Gasteiger partial charge in [-0.15, -0.1) is 0 Å². The van der Waals surface area contributed by atoms with Crippen LogP contribution in [0.4, 0.5) is 0 Å². The third-order valence-corrected chi connectivity index (χ3v) is 5.69. The van der Waals surface area contributed by atoms with Gasteiger partial charge in [-0.2, -0.15) is 0 Å². The monoisotopic (exact) mass is 291 g/mol. The van der Waals surface area contributed by atoms with Gasteiger partial charge in [0.05, 0.1) is 0 Å². The molecule has 0 amide bonds. The van der Waals surface area contributed by atoms with Crippen molar-refractivity contribution in [3.8, 4) is 0 Å². The molecule has 76 valence electrons. The topological polar surface area (TPSA) is 0 Å². The van der Waals surface area contributed by atoms with E-state index in [1.54, 1.807) is 4.43 Å². The van der Waals surface area contributed by atoms with Gasteiger partial charge in [0.1, 0.15) is 0 Å². The Kier molecular flexibility index (Phi) is 3.33. The molecule has 2 aliphatic carbocycles. The molecule has 2 aliphatic rings. The molecule has 0 bridgehead atoms. The molecule has 0 aromatic rings. The first kappa shape index (κ1) is 10.0. The molecule has 0 aromatic carbocycles. The summed E-state index contributed by atoms with van der Waals surface area (Å²) in [6, 6.07) is 0. The number of hydrogen-bond donors (Lipinski definition) is 0. The van der Waals surface area contributed by atoms with Crippen LogP contribution in [0.3, 0.4) is 0 Å². The molecule has 1 saturated carbocycles. The molecule has 0 aromatic heterocycles. The van der Waals surface area contributed by atoms with Crippen molar-refractivity contribution in [1.29, 1.82) is 0 Å². The fourth-order valence-electron chi connectivity index (χ4n) is 2.95. The van der Waals surface area contributed by atoms with Crippen LogP contribution in [0.15, 0.2) is 11.1 Å². The maximum absolute atomic E-state index is 2.43. The number of rotatable bonds is 3. The van der Waals surface area contributed by atoms with E-state index in [2.05, 4.69) is 11.9 Å². The van der Waals surface area contributed by atoms with Crippen LogP contribution in [0.5, 0.6) is 0 Å². The SMILES string of the molecule is CCC1=C2CC[C@H]2CCC1C[I-]C. The normalized spacial score (nSPS) is 33.1. The average Bonchev–Trinajstić information content (AvgIpc) is 2.09. The van der Waals surface area contributed by atoms with E-state index in [0.717, 1.165) is 11.8 Å². The van der Waals surface area contributed by atoms with Gasteiger partial charge >= 0.3 is 92.6 Å². The molecule has 0 heterocycles. The van der Waals surface area contributed by atoms with Crippen LogP contribution in [0, 0.1) is 11.8 Å². The van der Waals surface area contributed by atoms with E-state index in [0.29, 0.717) is 21.2 Å². The van der Waals surface area contributed by atoms with Crippen molar-refractivity contribution in [2.24, 2.45) is 11.8 Å². The van der Waals surface area contributed by atoms with Gasteiger partial charge in [0.15, 0.2) is 0 Å². The number of alkyl halides is 2. The number of hydrogen-bond acceptors (Lipinski definition) is 0. The Morgan fingerprint density at radius 1 is 1.31 bits per heavy atom. The van der Waals surface area contributed by atoms with Crippen LogP contribution in [0.2, 0.25) is 0 Å². The van der Waals surface area contributed by atoms with E-state index in [1.807, 2.05) is 11.1 Å². The molecular weight excluding hydrogens is 271 g/mol. The summed E-state index contributed by atoms with van der Waals surface area (Å²) in [6.07, 6.45) is 7.34. The predicted molar refractivity (Wildman–Crippen MR) is 53.6 cm³/mol. The molecule has 13 heavy (non-hydrogen) atoms. The summed E-state index contributed by atoms with van der Waals surface area (Å²) in [5.41, 5.74) is 3.79. The van der Waals surface area contributed by atoms with Gasteiger partial charge < -0.3 is 0 Å². The molecule has 0 N–H and O–H groups in total. The van der Waals surface area contributed by atoms with Crippen LogP contribution >= 0.6 is 0 Å². The van der Waals surface area contributed by atoms with E-state index in [-0.39, 0.29) is 0 Å². The second-order valence-corrected chi connectivity index (χ2v) is 6.74. The third-order valence-electron chi connectivity index (χ3n) is 3.75. The average molecular weight is 291 g/mol. The zero-order chi connectivity index (χ0) is 9.26. The number of fused-ring (bicyclic) bond motifs is 1. The molecule has 1 unspecified atom stereocenters. The first-order valence-corrected chi connectivity index (χ1v) is 9.20. The summed E-state index contributed by atoms with van der Waals surface area (Å²) in [6.45, 7) is 2.37. The summed E-state index contributed by atoms with van der Waals surface area (Å²) in [7, 11) is 0. The number of halogens is 1. The van der Waals surface area contributed by atoms with Gasteiger partial charge in [0.25, 0.3) is 0 Å². The fourth-order valence-corrected chi connectivity index (χ4v) is 4.98. The fraction of sp³-hybridized carbons (Fsp3) is 0.833. The molecule has 0 saturated heterocycles. The summed E-state index contributed by atoms with van der Waals surface area (Å²) < 4.78 is 1.55. The van der Waals surface area contributed by atoms with E-state index in [9.17, 15) is 0 Å². The Morgan fingerprint density at radius 2 is 2.15 bits per heavy atom. The Morgan fingerprint density at radius 3 is 2.69 bits per heavy atom. The van der Waals surface area contributed by atoms with Gasteiger partial charge in [0, 0.05) is 0 Å². The zero-order valence-electron chi connectivity index (χ0n) is 8.78. The number of allylic oxidation sites excluding steroid dienone is 2. The van der Waals surface area contributed by atoms with Crippen LogP contribution in [-0.2, 0) is 0 Å². The zero-order valence-corrected chi connectivity index (χ0v) is 10.9. The van der Waals surface area contributed by atoms with Gasteiger partial charge in [-0.3, -0.25) is 0 Å². The summed E-state index contributed by atoms with van der Waals surface area (Å²) >= 11 is 0.505. The van der Waals surface area contributed by atoms with Crippen molar-refractivity contribution in [2.75, 3.05) is 9.36 Å². The van der Waals surface area contributed by atoms with E-state index in [4.69, 9.17) is 0 Å². The van der Waals surface area contributed by atoms with Gasteiger partial charge in [-0.25, -0.2) is 0 Å². The van der Waals surface area contributed by atoms with Crippen molar-refractivity contribution in [3.05, 3.63) is 11.1 Å². The van der Waals surface area contributed by atoms with Crippen molar-refractivity contribution < 1.29 is 21.2 Å². The summed E-state index contributed by atoms with van der Waals surface area (Å²) in [5, 5.41) is 0. The van der Waals surface area contributed by atoms with Crippen LogP contribution < -0.4 is 21.2 Å². The van der Waals surface area contributed by atoms with Gasteiger partial charge in [-0.1, -0.05) is 0 Å². The minimum absolute atomic E-state index is 0.505. The minimum atomic E-state index is 0.505. The molecule has 0 radical (unpaired) electrons. The maximum atomic E-state index is 2.43. The molecule has 0 nitrogen and oxygen atoms in total. The van der Waals surface area contributed by atoms with Crippen molar-refractivity contribution in [1.82, 2.24) is 0 Å². The third kappa shape index (κ3) is 1.81. The van der Waals surface area contributed by atoms with Gasteiger partial charge in [0.2, 0.25) is 0 Å². The van der Waals surface area contributed by atoms with E-state index in [1.165, 1.54) is 32.1 Å². The Balaban J connectivity index is 2.12. The summed E-state index contributed by atoms with van der Waals surface area (Å²) in [5.74, 6) is 2.07. The Labute approximate surface area is 92.4 Å². The second kappa shape index (κ2) is 4.33. The van der Waals surface area contributed by atoms with Crippen LogP contribution in [-0.4, -0.2) is 9.36 Å². The van der Waals surface area contributed by atoms with Crippen molar-refractivity contribution in [3.63, 3.8) is 0 Å². The standard InChI is InChI=1S/C12H20I/c1-3-11-10(8-13-2)5-4-9-6-7-12(9)11/h9-10H,3-8H2,1-2H3/q-1/t9-,10?/m1/s1. The van der Waals surface area contributed by atoms with E-state index >= 15 is 0 Å². The van der Waals surface area contributed by atoms with Crippen molar-refractivity contribution >= 4 is 0 Å². The molecule has 2 atom stereocenters. The molecule has 1 heteroatoms. The quantitative estimate of drug-likeness (QED) is 0.397. The van der Waals surface area contributed by atoms with E-state index < -0.39 is 0 Å². The molecular formula is C12H20I-. The second-order valence-electron chi connectivity index (χ2n) is 4.34. The first-order valence-electron chi connectivity index (χ1n) is 5.52. The summed E-state index contributed by atoms with van der Waals surface area (Å²) in [4.78, 5) is 2.43. The molecule has 0 spiro atoms. The molecule has 1 fully saturated rings. The van der Waals surface area contributed by atoms with Crippen LogP contribution in [0.25, 0.3) is 0 Å². The Hall–Kier alpha value is 0.470. The Bertz CT molecular complexity index is 217. The molecule has 2 rings (SSSR count). The first-order chi connectivity index (χ1) is 6.36. The molecule has 0 aliphatic heterocycles. The predicted octanol–water partition coefficient (Wildman–Crippen LogP) is 0.232. The van der Waals surface area contributed by atoms with Crippen molar-refractivity contribution in [2.45, 2.75) is 39.0 Å². The van der Waals surface area contributed by atoms with Crippen LogP contribution in [0.1, 0.15) is 39.0 Å².